The predicted molar refractivity (Wildman–Crippen MR) is 124 cm³/mol. The Bertz CT molecular complexity index is 1500. The van der Waals surface area contributed by atoms with Crippen LogP contribution < -0.4 is 20.1 Å². The number of urea groups is 1. The van der Waals surface area contributed by atoms with E-state index in [1.807, 2.05) is 0 Å². The third-order valence-corrected chi connectivity index (χ3v) is 5.53. The molecule has 9 nitrogen and oxygen atoms in total. The molecule has 0 spiro atoms. The lowest BCUT2D eigenvalue weighted by molar-refractivity contribution is 0.101. The van der Waals surface area contributed by atoms with Crippen molar-refractivity contribution in [2.24, 2.45) is 7.05 Å². The summed E-state index contributed by atoms with van der Waals surface area (Å²) in [6.45, 7) is 0. The Morgan fingerprint density at radius 2 is 2.12 bits per heavy atom. The zero-order valence-corrected chi connectivity index (χ0v) is 18.5. The predicted octanol–water partition coefficient (Wildman–Crippen LogP) is 4.08. The highest BCUT2D eigenvalue weighted by Gasteiger charge is 2.29. The van der Waals surface area contributed by atoms with Crippen molar-refractivity contribution in [1.29, 1.82) is 0 Å². The van der Waals surface area contributed by atoms with Crippen LogP contribution in [0.5, 0.6) is 11.5 Å². The van der Waals surface area contributed by atoms with Gasteiger partial charge in [-0.05, 0) is 30.3 Å². The first-order valence-corrected chi connectivity index (χ1v) is 10.3. The molecule has 0 aliphatic carbocycles. The molecule has 2 amide bonds. The third-order valence-electron chi connectivity index (χ3n) is 5.53. The number of allylic oxidation sites excluding steroid dienone is 1. The Morgan fingerprint density at radius 1 is 1.29 bits per heavy atom. The summed E-state index contributed by atoms with van der Waals surface area (Å²) in [5.41, 5.74) is 2.88. The van der Waals surface area contributed by atoms with Crippen LogP contribution in [0.2, 0.25) is 0 Å². The van der Waals surface area contributed by atoms with Crippen LogP contribution in [0.1, 0.15) is 15.9 Å². The van der Waals surface area contributed by atoms with Gasteiger partial charge in [-0.2, -0.15) is 5.10 Å². The molecule has 0 bridgehead atoms. The summed E-state index contributed by atoms with van der Waals surface area (Å²) in [6.07, 6.45) is 5.00. The van der Waals surface area contributed by atoms with Gasteiger partial charge in [-0.3, -0.25) is 9.48 Å². The number of benzene rings is 2. The largest absolute Gasteiger partial charge is 0.497 e. The number of halogens is 1. The number of rotatable bonds is 4. The van der Waals surface area contributed by atoms with Crippen LogP contribution >= 0.6 is 0 Å². The van der Waals surface area contributed by atoms with Crippen molar-refractivity contribution < 1.29 is 23.5 Å². The highest BCUT2D eigenvalue weighted by Crippen LogP contribution is 2.38. The van der Waals surface area contributed by atoms with E-state index in [1.54, 1.807) is 54.5 Å². The van der Waals surface area contributed by atoms with Gasteiger partial charge in [0.05, 0.1) is 30.1 Å². The van der Waals surface area contributed by atoms with Gasteiger partial charge in [0.15, 0.2) is 11.6 Å². The van der Waals surface area contributed by atoms with Crippen LogP contribution in [-0.2, 0) is 7.05 Å². The van der Waals surface area contributed by atoms with Gasteiger partial charge in [-0.25, -0.2) is 9.18 Å². The minimum absolute atomic E-state index is 0.0707. The Balaban J connectivity index is 1.63. The molecule has 5 rings (SSSR count). The number of anilines is 1. The Labute approximate surface area is 193 Å². The number of ketones is 1. The van der Waals surface area contributed by atoms with E-state index in [1.165, 1.54) is 20.2 Å². The van der Waals surface area contributed by atoms with Gasteiger partial charge in [-0.15, -0.1) is 0 Å². The number of Topliss-reactive ketones (excluding diaryl/α,β-unsaturated/α-hetero) is 1. The van der Waals surface area contributed by atoms with E-state index in [2.05, 4.69) is 20.7 Å². The molecule has 172 valence electrons. The standard InChI is InChI=1S/C24H20FN5O4/c1-26-24(32)28-13-4-5-19-17(6-13)23(31)20(34-19)9-16-15-7-14(33-3)8-18(25)22(15)29-21(16)12-10-27-30(2)11-12/h4-11,29H,1-3H3,(H2,26,28,32). The maximum Gasteiger partial charge on any atom is 0.318 e. The first-order valence-electron chi connectivity index (χ1n) is 10.3. The normalized spacial score (nSPS) is 13.8. The zero-order valence-electron chi connectivity index (χ0n) is 18.5. The number of hydrogen-bond acceptors (Lipinski definition) is 5. The summed E-state index contributed by atoms with van der Waals surface area (Å²) >= 11 is 0. The maximum atomic E-state index is 14.8. The van der Waals surface area contributed by atoms with Crippen molar-refractivity contribution in [3.63, 3.8) is 0 Å². The van der Waals surface area contributed by atoms with Gasteiger partial charge in [0, 0.05) is 48.6 Å². The van der Waals surface area contributed by atoms with E-state index in [0.29, 0.717) is 45.0 Å². The lowest BCUT2D eigenvalue weighted by Crippen LogP contribution is -2.24. The molecule has 1 aliphatic heterocycles. The average Bonchev–Trinajstić information content (AvgIpc) is 3.50. The van der Waals surface area contributed by atoms with Gasteiger partial charge in [0.2, 0.25) is 5.78 Å². The molecule has 0 radical (unpaired) electrons. The van der Waals surface area contributed by atoms with Gasteiger partial charge >= 0.3 is 6.03 Å². The Morgan fingerprint density at radius 3 is 2.82 bits per heavy atom. The zero-order chi connectivity index (χ0) is 24.0. The van der Waals surface area contributed by atoms with E-state index in [9.17, 15) is 14.0 Å². The number of aryl methyl sites for hydroxylation is 1. The van der Waals surface area contributed by atoms with Crippen LogP contribution in [0.3, 0.4) is 0 Å². The maximum absolute atomic E-state index is 14.8. The molecule has 34 heavy (non-hydrogen) atoms. The van der Waals surface area contributed by atoms with Gasteiger partial charge in [0.25, 0.3) is 0 Å². The van der Waals surface area contributed by atoms with Crippen molar-refractivity contribution in [3.8, 4) is 22.8 Å². The van der Waals surface area contributed by atoms with Crippen LogP contribution in [0, 0.1) is 5.82 Å². The van der Waals surface area contributed by atoms with Crippen molar-refractivity contribution >= 4 is 34.5 Å². The van der Waals surface area contributed by atoms with Crippen LogP contribution in [0.25, 0.3) is 28.2 Å². The summed E-state index contributed by atoms with van der Waals surface area (Å²) in [7, 11) is 4.73. The SMILES string of the molecule is CNC(=O)Nc1ccc2c(c1)C(=O)C(=Cc1c(-c3cnn(C)c3)[nH]c3c(F)cc(OC)cc13)O2. The lowest BCUT2D eigenvalue weighted by Gasteiger charge is -2.04. The summed E-state index contributed by atoms with van der Waals surface area (Å²) in [6, 6.07) is 7.37. The molecule has 0 unspecified atom stereocenters. The lowest BCUT2D eigenvalue weighted by atomic mass is 10.0. The first kappa shape index (κ1) is 21.3. The molecule has 2 aromatic carbocycles. The summed E-state index contributed by atoms with van der Waals surface area (Å²) < 4.78 is 27.5. The van der Waals surface area contributed by atoms with E-state index in [4.69, 9.17) is 9.47 Å². The molecule has 0 saturated carbocycles. The number of nitrogens with zero attached hydrogens (tertiary/aromatic N) is 2. The molecule has 3 heterocycles. The quantitative estimate of drug-likeness (QED) is 0.397. The van der Waals surface area contributed by atoms with E-state index in [0.717, 1.165) is 0 Å². The average molecular weight is 461 g/mol. The van der Waals surface area contributed by atoms with Crippen molar-refractivity contribution in [2.75, 3.05) is 19.5 Å². The minimum atomic E-state index is -0.490. The first-order chi connectivity index (χ1) is 16.4. The Hall–Kier alpha value is -4.60. The number of nitrogens with one attached hydrogen (secondary N) is 3. The number of carbonyl (C=O) groups excluding carboxylic acids is 2. The smallest absolute Gasteiger partial charge is 0.318 e. The fourth-order valence-electron chi connectivity index (χ4n) is 3.89. The van der Waals surface area contributed by atoms with Gasteiger partial charge in [0.1, 0.15) is 11.5 Å². The summed E-state index contributed by atoms with van der Waals surface area (Å²) in [5.74, 6) is -0.0683. The van der Waals surface area contributed by atoms with Crippen molar-refractivity contribution in [3.05, 3.63) is 65.4 Å². The number of fused-ring (bicyclic) bond motifs is 2. The second-order valence-corrected chi connectivity index (χ2v) is 7.70. The number of hydrogen-bond donors (Lipinski definition) is 3. The molecular weight excluding hydrogens is 441 g/mol. The summed E-state index contributed by atoms with van der Waals surface area (Å²) in [5, 5.41) is 9.81. The fourth-order valence-corrected chi connectivity index (χ4v) is 3.89. The number of H-pyrrole nitrogens is 1. The van der Waals surface area contributed by atoms with Crippen molar-refractivity contribution in [1.82, 2.24) is 20.1 Å². The third kappa shape index (κ3) is 3.54. The molecule has 1 aliphatic rings. The molecule has 0 atom stereocenters. The summed E-state index contributed by atoms with van der Waals surface area (Å²) in [4.78, 5) is 27.9. The van der Waals surface area contributed by atoms with Crippen LogP contribution in [0.15, 0.2) is 48.5 Å². The number of methoxy groups -OCH3 is 1. The van der Waals surface area contributed by atoms with Crippen LogP contribution in [0.4, 0.5) is 14.9 Å². The van der Waals surface area contributed by atoms with E-state index in [-0.39, 0.29) is 17.1 Å². The molecule has 0 saturated heterocycles. The highest BCUT2D eigenvalue weighted by atomic mass is 19.1. The minimum Gasteiger partial charge on any atom is -0.497 e. The molecule has 0 fully saturated rings. The number of aromatic nitrogens is 3. The Kier molecular flexibility index (Phi) is 5.05. The second kappa shape index (κ2) is 8.07. The molecule has 3 N–H and O–H groups in total. The second-order valence-electron chi connectivity index (χ2n) is 7.70. The van der Waals surface area contributed by atoms with E-state index < -0.39 is 11.8 Å². The highest BCUT2D eigenvalue weighted by molar-refractivity contribution is 6.16. The van der Waals surface area contributed by atoms with Gasteiger partial charge < -0.3 is 25.1 Å². The molecular formula is C24H20FN5O4. The number of carbonyl (C=O) groups is 2. The monoisotopic (exact) mass is 461 g/mol. The number of ether oxygens (including phenoxy) is 2. The van der Waals surface area contributed by atoms with Gasteiger partial charge in [-0.1, -0.05) is 0 Å². The van der Waals surface area contributed by atoms with Crippen LogP contribution in [-0.4, -0.2) is 40.7 Å². The van der Waals surface area contributed by atoms with E-state index >= 15 is 0 Å². The fraction of sp³-hybridized carbons (Fsp3) is 0.125. The molecule has 2 aromatic heterocycles. The topological polar surface area (TPSA) is 110 Å². The molecule has 4 aromatic rings. The molecule has 10 heteroatoms. The van der Waals surface area contributed by atoms with Crippen molar-refractivity contribution in [2.45, 2.75) is 0 Å². The number of aromatic amines is 1. The number of amides is 2.